The molecule has 0 aromatic heterocycles. The van der Waals surface area contributed by atoms with E-state index < -0.39 is 10.8 Å². The lowest BCUT2D eigenvalue weighted by Crippen LogP contribution is -2.43. The van der Waals surface area contributed by atoms with Crippen LogP contribution in [0.2, 0.25) is 0 Å². The largest absolute Gasteiger partial charge is 0.394 e. The molecule has 0 aromatic carbocycles. The summed E-state index contributed by atoms with van der Waals surface area (Å²) in [7, 11) is 0. The van der Waals surface area contributed by atoms with Crippen LogP contribution < -0.4 is 22.9 Å². The molecule has 0 bridgehead atoms. The van der Waals surface area contributed by atoms with Crippen LogP contribution in [0, 0.1) is 10.8 Å². The predicted octanol–water partition coefficient (Wildman–Crippen LogP) is -2.08. The fourth-order valence-electron chi connectivity index (χ4n) is 7.15. The Kier molecular flexibility index (Phi) is 104. The third-order valence-corrected chi connectivity index (χ3v) is 11.8. The second-order valence-corrected chi connectivity index (χ2v) is 20.4. The van der Waals surface area contributed by atoms with E-state index in [2.05, 4.69) is 0 Å². The Balaban J connectivity index is -0.000000322. The maximum Gasteiger partial charge on any atom is 0.104 e. The van der Waals surface area contributed by atoms with Crippen LogP contribution in [0.4, 0.5) is 0 Å². The molecular weight excluding hydrogens is 1290 g/mol. The van der Waals surface area contributed by atoms with E-state index in [0.29, 0.717) is 251 Å². The molecule has 0 amide bonds. The van der Waals surface area contributed by atoms with Crippen molar-refractivity contribution in [3.8, 4) is 0 Å². The van der Waals surface area contributed by atoms with Gasteiger partial charge in [-0.15, -0.1) is 0 Å². The van der Waals surface area contributed by atoms with Crippen molar-refractivity contribution in [3.63, 3.8) is 0 Å². The van der Waals surface area contributed by atoms with Crippen molar-refractivity contribution in [1.29, 1.82) is 0 Å². The van der Waals surface area contributed by atoms with Crippen LogP contribution in [0.15, 0.2) is 0 Å². The summed E-state index contributed by atoms with van der Waals surface area (Å²) >= 11 is 0. The van der Waals surface area contributed by atoms with Gasteiger partial charge in [0.2, 0.25) is 0 Å². The van der Waals surface area contributed by atoms with E-state index in [9.17, 15) is 0 Å². The van der Waals surface area contributed by atoms with E-state index in [1.165, 1.54) is 0 Å². The third kappa shape index (κ3) is 85.2. The van der Waals surface area contributed by atoms with E-state index >= 15 is 0 Å². The third-order valence-electron chi connectivity index (χ3n) is 11.8. The van der Waals surface area contributed by atoms with Crippen LogP contribution in [0.3, 0.4) is 0 Å². The summed E-state index contributed by atoms with van der Waals surface area (Å²) in [5, 5.41) is 61.0. The van der Waals surface area contributed by atoms with E-state index in [1.807, 2.05) is 0 Å². The number of nitrogens with two attached hydrogens (primary N) is 4. The van der Waals surface area contributed by atoms with E-state index in [4.69, 9.17) is 163 Å². The van der Waals surface area contributed by atoms with Gasteiger partial charge in [0.1, 0.15) is 6.10 Å². The zero-order chi connectivity index (χ0) is 69.1. The van der Waals surface area contributed by atoms with Gasteiger partial charge in [-0.2, -0.15) is 0 Å². The van der Waals surface area contributed by atoms with Crippen LogP contribution in [-0.2, 0) is 104 Å². The lowest BCUT2D eigenvalue weighted by molar-refractivity contribution is -0.122. The van der Waals surface area contributed by atoms with Crippen molar-refractivity contribution in [1.82, 2.24) is 0 Å². The van der Waals surface area contributed by atoms with Crippen molar-refractivity contribution >= 4 is 0 Å². The Morgan fingerprint density at radius 1 is 0.196 bits per heavy atom. The molecule has 0 unspecified atom stereocenters. The van der Waals surface area contributed by atoms with Gasteiger partial charge >= 0.3 is 0 Å². The monoisotopic (exact) mass is 1430 g/mol. The molecule has 0 saturated heterocycles. The molecule has 0 atom stereocenters. The molecule has 0 rings (SSSR count). The van der Waals surface area contributed by atoms with Gasteiger partial charge in [-0.25, -0.2) is 0 Å². The predicted molar refractivity (Wildman–Crippen MR) is 366 cm³/mol. The molecular formula is C64H144N4O29. The van der Waals surface area contributed by atoms with Gasteiger partial charge in [-0.1, -0.05) is 22.3 Å². The summed E-state index contributed by atoms with van der Waals surface area (Å²) in [6.45, 7) is 18.9. The molecule has 0 aromatic rings. The Morgan fingerprint density at radius 2 is 0.351 bits per heavy atom. The van der Waals surface area contributed by atoms with Crippen molar-refractivity contribution in [2.45, 2.75) is 54.1 Å². The minimum atomic E-state index is -0.623. The number of rotatable bonds is 80. The molecule has 33 nitrogen and oxygen atoms in total. The molecule has 15 N–H and O–H groups in total. The van der Waals surface area contributed by atoms with Crippen molar-refractivity contribution in [2.75, 3.05) is 357 Å². The van der Waals surface area contributed by atoms with Gasteiger partial charge in [-0.05, 0) is 51.9 Å². The molecule has 0 aliphatic heterocycles. The Bertz CT molecular complexity index is 1190. The second kappa shape index (κ2) is 94.7. The van der Waals surface area contributed by atoms with Gasteiger partial charge in [0, 0.05) is 26.4 Å². The summed E-state index contributed by atoms with van der Waals surface area (Å²) < 4.78 is 122. The van der Waals surface area contributed by atoms with Gasteiger partial charge < -0.3 is 163 Å². The van der Waals surface area contributed by atoms with Gasteiger partial charge in [-0.3, -0.25) is 0 Å². The minimum Gasteiger partial charge on any atom is -0.394 e. The molecule has 33 heteroatoms. The first kappa shape index (κ1) is 107. The van der Waals surface area contributed by atoms with Crippen LogP contribution in [-0.4, -0.2) is 398 Å². The first-order valence-electron chi connectivity index (χ1n) is 33.1. The highest BCUT2D eigenvalue weighted by molar-refractivity contribution is 4.81. The fourth-order valence-corrected chi connectivity index (χ4v) is 7.15. The topological polar surface area (TPSA) is 449 Å². The smallest absolute Gasteiger partial charge is 0.104 e. The molecule has 0 saturated carbocycles. The first-order valence-corrected chi connectivity index (χ1v) is 33.1. The van der Waals surface area contributed by atoms with E-state index in [1.54, 1.807) is 0 Å². The zero-order valence-electron chi connectivity index (χ0n) is 57.0. The number of ether oxygens (including phenoxy) is 22. The highest BCUT2D eigenvalue weighted by Gasteiger charge is 2.34. The lowest BCUT2D eigenvalue weighted by atomic mass is 9.92. The first-order chi connectivity index (χ1) is 46.3. The number of hydrogen-bond acceptors (Lipinski definition) is 33. The van der Waals surface area contributed by atoms with E-state index in [0.717, 1.165) is 25.7 Å². The molecule has 0 heterocycles. The lowest BCUT2D eigenvalue weighted by Gasteiger charge is -2.33. The number of aliphatic hydroxyl groups is 7. The molecule has 0 aliphatic carbocycles. The maximum atomic E-state index is 8.79. The Labute approximate surface area is 582 Å². The minimum absolute atomic E-state index is 0. The Hall–Kier alpha value is -1.32. The Morgan fingerprint density at radius 3 is 0.526 bits per heavy atom. The fraction of sp³-hybridized carbons (Fsp3) is 1.00. The number of hydrogen-bond donors (Lipinski definition) is 11. The van der Waals surface area contributed by atoms with Crippen molar-refractivity contribution < 1.29 is 140 Å². The SMILES string of the molecule is C.C.C.NCCCOCCOCC(COCCOCCCN)(COCCOCCCN)COCCOCCCN.OCCOCCOCC(COCCOCCO)(COCCOCCO)COCCOCCO.OCCOCCOCC(COCCOCCO)OCCOCCO. The molecule has 0 spiro atoms. The molecule has 97 heavy (non-hydrogen) atoms. The highest BCUT2D eigenvalue weighted by atomic mass is 16.6. The van der Waals surface area contributed by atoms with Crippen LogP contribution in [0.25, 0.3) is 0 Å². The quantitative estimate of drug-likeness (QED) is 0.0291. The van der Waals surface area contributed by atoms with Gasteiger partial charge in [0.15, 0.2) is 0 Å². The van der Waals surface area contributed by atoms with Crippen LogP contribution in [0.5, 0.6) is 0 Å². The summed E-state index contributed by atoms with van der Waals surface area (Å²) in [4.78, 5) is 0. The van der Waals surface area contributed by atoms with Crippen LogP contribution >= 0.6 is 0 Å². The summed E-state index contributed by atoms with van der Waals surface area (Å²) in [5.41, 5.74) is 20.9. The summed E-state index contributed by atoms with van der Waals surface area (Å²) in [5.74, 6) is 0. The average molecular weight is 1430 g/mol. The van der Waals surface area contributed by atoms with Gasteiger partial charge in [0.25, 0.3) is 0 Å². The number of aliphatic hydroxyl groups excluding tert-OH is 7. The van der Waals surface area contributed by atoms with Crippen molar-refractivity contribution in [2.24, 2.45) is 33.8 Å². The highest BCUT2D eigenvalue weighted by Crippen LogP contribution is 2.22. The second-order valence-electron chi connectivity index (χ2n) is 20.4. The molecule has 0 radical (unpaired) electrons. The summed E-state index contributed by atoms with van der Waals surface area (Å²) in [6.07, 6.45) is 3.06. The van der Waals surface area contributed by atoms with Crippen LogP contribution in [0.1, 0.15) is 48.0 Å². The van der Waals surface area contributed by atoms with E-state index in [-0.39, 0.29) is 134 Å². The standard InChI is InChI=1S/C25H56N4O8.C21H44O12.C15H32O9.3CH4/c26-5-1-9-30-13-17-34-21-25(22-35-18-14-31-10-2-6-27,23-36-19-15-32-11-3-7-28)24-37-20-16-33-12-4-8-29;22-1-5-26-9-13-30-17-21(18-31-14-10-27-6-2-23,19-32-15-11-28-7-3-24)20-33-16-12-29-8-4-25;16-1-4-19-7-9-22-13-15(24-12-11-21-6-3-18)14-23-10-8-20-5-2-17;;;/h1-24,26-29H2;22-25H,1-20H2;15-18H,1-14H2;3*1H4. The molecule has 0 aliphatic rings. The van der Waals surface area contributed by atoms with Crippen molar-refractivity contribution in [3.05, 3.63) is 0 Å². The zero-order valence-corrected chi connectivity index (χ0v) is 57.0. The molecule has 594 valence electrons. The normalized spacial score (nSPS) is 11.5. The van der Waals surface area contributed by atoms with Gasteiger partial charge in [0.05, 0.1) is 315 Å². The average Bonchev–Trinajstić information content (AvgIpc) is 0.907. The molecule has 0 fully saturated rings. The maximum absolute atomic E-state index is 8.79. The summed E-state index contributed by atoms with van der Waals surface area (Å²) in [6, 6.07) is 0.